The second-order valence-corrected chi connectivity index (χ2v) is 10.9. The molecule has 1 atom stereocenters. The molecule has 2 saturated carbocycles. The van der Waals surface area contributed by atoms with E-state index in [1.54, 1.807) is 6.20 Å². The number of Topliss-reactive ketones (excluding diaryl/α,β-unsaturated/α-hetero) is 1. The topological polar surface area (TPSA) is 86.8 Å². The average molecular weight is 466 g/mol. The first-order valence-electron chi connectivity index (χ1n) is 11.7. The first-order chi connectivity index (χ1) is 15.7. The molecule has 2 aromatic rings. The molecule has 1 unspecified atom stereocenters. The van der Waals surface area contributed by atoms with Crippen molar-refractivity contribution in [3.8, 4) is 5.75 Å². The van der Waals surface area contributed by atoms with Crippen LogP contribution in [0.1, 0.15) is 79.0 Å². The van der Waals surface area contributed by atoms with Crippen molar-refractivity contribution in [3.63, 3.8) is 0 Å². The monoisotopic (exact) mass is 465 g/mol. The number of aromatic nitrogens is 1. The summed E-state index contributed by atoms with van der Waals surface area (Å²) in [6, 6.07) is 8.13. The van der Waals surface area contributed by atoms with Crippen molar-refractivity contribution in [1.82, 2.24) is 4.98 Å². The number of nitrogens with two attached hydrogens (primary N) is 1. The molecule has 6 rings (SSSR count). The van der Waals surface area contributed by atoms with Crippen LogP contribution >= 0.6 is 11.6 Å². The fraction of sp³-hybridized carbons (Fsp3) is 0.500. The second kappa shape index (κ2) is 6.95. The Hall–Kier alpha value is -2.60. The van der Waals surface area contributed by atoms with Crippen molar-refractivity contribution in [2.75, 3.05) is 6.61 Å². The number of carbonyl (C=O) groups is 1. The van der Waals surface area contributed by atoms with Gasteiger partial charge in [0.2, 0.25) is 0 Å². The van der Waals surface area contributed by atoms with E-state index in [0.29, 0.717) is 23.2 Å². The Balaban J connectivity index is 1.39. The van der Waals surface area contributed by atoms with Gasteiger partial charge in [0, 0.05) is 23.6 Å². The molecule has 0 bridgehead atoms. The Morgan fingerprint density at radius 2 is 2.03 bits per heavy atom. The van der Waals surface area contributed by atoms with Gasteiger partial charge < -0.3 is 15.2 Å². The zero-order valence-corrected chi connectivity index (χ0v) is 19.7. The molecule has 6 nitrogen and oxygen atoms in total. The number of benzene rings is 1. The molecule has 2 N–H and O–H groups in total. The summed E-state index contributed by atoms with van der Waals surface area (Å²) in [5.41, 5.74) is 8.27. The van der Waals surface area contributed by atoms with Gasteiger partial charge in [-0.2, -0.15) is 0 Å². The number of rotatable bonds is 4. The fourth-order valence-electron chi connectivity index (χ4n) is 6.25. The molecule has 7 heteroatoms. The van der Waals surface area contributed by atoms with Crippen molar-refractivity contribution >= 4 is 23.4 Å². The molecule has 33 heavy (non-hydrogen) atoms. The highest BCUT2D eigenvalue weighted by Gasteiger charge is 2.69. The van der Waals surface area contributed by atoms with E-state index in [0.717, 1.165) is 54.5 Å². The van der Waals surface area contributed by atoms with Gasteiger partial charge in [0.25, 0.3) is 6.02 Å². The van der Waals surface area contributed by atoms with Crippen molar-refractivity contribution in [3.05, 3.63) is 57.9 Å². The summed E-state index contributed by atoms with van der Waals surface area (Å²) < 4.78 is 12.3. The molecule has 2 aliphatic carbocycles. The van der Waals surface area contributed by atoms with Crippen LogP contribution in [-0.2, 0) is 16.7 Å². The van der Waals surface area contributed by atoms with E-state index < -0.39 is 11.1 Å². The number of aliphatic imine (C=N–C) groups is 1. The van der Waals surface area contributed by atoms with Crippen LogP contribution in [0, 0.1) is 5.41 Å². The molecule has 4 aliphatic rings. The first kappa shape index (κ1) is 21.0. The number of ether oxygens (including phenoxy) is 2. The standard InChI is InChI=1S/C26H28ClN3O3/c1-24(2)25(8-3-9-25)26(14-32-23(28)30-26)19-10-15(4-7-21(19)33-24)11-20(31)22-18(16-5-6-16)12-17(27)13-29-22/h4,7,10,12-13,16H,3,5-6,8-9,11,14H2,1-2H3,(H2,28,30). The van der Waals surface area contributed by atoms with Crippen molar-refractivity contribution in [2.45, 2.75) is 69.4 Å². The zero-order chi connectivity index (χ0) is 23.0. The third-order valence-electron chi connectivity index (χ3n) is 8.27. The lowest BCUT2D eigenvalue weighted by atomic mass is 9.48. The van der Waals surface area contributed by atoms with Crippen LogP contribution in [-0.4, -0.2) is 29.0 Å². The molecule has 1 aromatic heterocycles. The third-order valence-corrected chi connectivity index (χ3v) is 8.47. The summed E-state index contributed by atoms with van der Waals surface area (Å²) in [5.74, 6) is 1.19. The van der Waals surface area contributed by atoms with Crippen LogP contribution in [0.3, 0.4) is 0 Å². The normalized spacial score (nSPS) is 26.2. The van der Waals surface area contributed by atoms with Crippen LogP contribution < -0.4 is 10.5 Å². The predicted molar refractivity (Wildman–Crippen MR) is 126 cm³/mol. The number of fused-ring (bicyclic) bond motifs is 3. The van der Waals surface area contributed by atoms with E-state index in [4.69, 9.17) is 31.8 Å². The Morgan fingerprint density at radius 1 is 1.24 bits per heavy atom. The number of hydrogen-bond acceptors (Lipinski definition) is 6. The fourth-order valence-corrected chi connectivity index (χ4v) is 6.42. The summed E-state index contributed by atoms with van der Waals surface area (Å²) in [6.07, 6.45) is 7.12. The summed E-state index contributed by atoms with van der Waals surface area (Å²) >= 11 is 6.16. The molecule has 0 radical (unpaired) electrons. The summed E-state index contributed by atoms with van der Waals surface area (Å²) in [6.45, 7) is 4.69. The van der Waals surface area contributed by atoms with E-state index in [2.05, 4.69) is 24.9 Å². The van der Waals surface area contributed by atoms with Gasteiger partial charge in [0.15, 0.2) is 5.78 Å². The van der Waals surface area contributed by atoms with Gasteiger partial charge in [-0.05, 0) is 74.8 Å². The van der Waals surface area contributed by atoms with E-state index in [9.17, 15) is 4.79 Å². The minimum Gasteiger partial charge on any atom is -0.487 e. The number of amidine groups is 1. The minimum absolute atomic E-state index is 0.00340. The number of ketones is 1. The van der Waals surface area contributed by atoms with Gasteiger partial charge in [0.1, 0.15) is 29.2 Å². The van der Waals surface area contributed by atoms with Crippen LogP contribution in [0.15, 0.2) is 35.5 Å². The maximum atomic E-state index is 13.3. The van der Waals surface area contributed by atoms with Crippen LogP contribution in [0.2, 0.25) is 5.02 Å². The molecule has 0 saturated heterocycles. The predicted octanol–water partition coefficient (Wildman–Crippen LogP) is 4.92. The van der Waals surface area contributed by atoms with Crippen molar-refractivity contribution in [2.24, 2.45) is 16.1 Å². The highest BCUT2D eigenvalue weighted by Crippen LogP contribution is 2.67. The smallest absolute Gasteiger partial charge is 0.283 e. The molecular formula is C26H28ClN3O3. The van der Waals surface area contributed by atoms with Gasteiger partial charge in [-0.15, -0.1) is 0 Å². The molecule has 2 fully saturated rings. The number of pyridine rings is 1. The van der Waals surface area contributed by atoms with Gasteiger partial charge in [-0.25, -0.2) is 4.99 Å². The summed E-state index contributed by atoms with van der Waals surface area (Å²) in [7, 11) is 0. The second-order valence-electron chi connectivity index (χ2n) is 10.4. The number of halogens is 1. The Morgan fingerprint density at radius 3 is 2.67 bits per heavy atom. The lowest BCUT2D eigenvalue weighted by molar-refractivity contribution is -0.157. The summed E-state index contributed by atoms with van der Waals surface area (Å²) in [4.78, 5) is 22.6. The molecule has 172 valence electrons. The van der Waals surface area contributed by atoms with Gasteiger partial charge in [-0.1, -0.05) is 24.1 Å². The number of nitrogens with zero attached hydrogens (tertiary/aromatic N) is 2. The van der Waals surface area contributed by atoms with Crippen LogP contribution in [0.4, 0.5) is 0 Å². The highest BCUT2D eigenvalue weighted by molar-refractivity contribution is 6.30. The van der Waals surface area contributed by atoms with Gasteiger partial charge >= 0.3 is 0 Å². The van der Waals surface area contributed by atoms with Crippen molar-refractivity contribution < 1.29 is 14.3 Å². The Bertz CT molecular complexity index is 1200. The quantitative estimate of drug-likeness (QED) is 0.647. The molecule has 1 aromatic carbocycles. The van der Waals surface area contributed by atoms with Gasteiger partial charge in [-0.3, -0.25) is 9.78 Å². The molecule has 2 spiro atoms. The zero-order valence-electron chi connectivity index (χ0n) is 19.0. The summed E-state index contributed by atoms with van der Waals surface area (Å²) in [5, 5.41) is 0.575. The third kappa shape index (κ3) is 2.96. The lowest BCUT2D eigenvalue weighted by Crippen LogP contribution is -2.66. The molecular weight excluding hydrogens is 438 g/mol. The number of carbonyl (C=O) groups excluding carboxylic acids is 1. The Labute approximate surface area is 198 Å². The highest BCUT2D eigenvalue weighted by atomic mass is 35.5. The molecule has 3 heterocycles. The molecule has 0 amide bonds. The maximum Gasteiger partial charge on any atom is 0.283 e. The lowest BCUT2D eigenvalue weighted by Gasteiger charge is -2.62. The average Bonchev–Trinajstić information content (AvgIpc) is 3.50. The number of hydrogen-bond donors (Lipinski definition) is 1. The van der Waals surface area contributed by atoms with E-state index in [1.165, 1.54) is 0 Å². The van der Waals surface area contributed by atoms with Gasteiger partial charge in [0.05, 0.1) is 5.02 Å². The van der Waals surface area contributed by atoms with Crippen LogP contribution in [0.5, 0.6) is 5.75 Å². The van der Waals surface area contributed by atoms with E-state index in [1.807, 2.05) is 18.2 Å². The molecule has 2 aliphatic heterocycles. The first-order valence-corrected chi connectivity index (χ1v) is 12.1. The van der Waals surface area contributed by atoms with Crippen LogP contribution in [0.25, 0.3) is 0 Å². The SMILES string of the molecule is CC1(C)Oc2ccc(CC(=O)c3ncc(Cl)cc3C3CC3)cc2C2(COC(N)=N2)C12CCC2. The minimum atomic E-state index is -0.594. The Kier molecular flexibility index (Phi) is 4.42. The van der Waals surface area contributed by atoms with Crippen molar-refractivity contribution in [1.29, 1.82) is 0 Å². The van der Waals surface area contributed by atoms with E-state index in [-0.39, 0.29) is 23.6 Å². The largest absolute Gasteiger partial charge is 0.487 e. The van der Waals surface area contributed by atoms with E-state index >= 15 is 0 Å². The maximum absolute atomic E-state index is 13.3.